The van der Waals surface area contributed by atoms with Crippen molar-refractivity contribution in [1.29, 1.82) is 0 Å². The lowest BCUT2D eigenvalue weighted by atomic mass is 10.1. The van der Waals surface area contributed by atoms with E-state index in [9.17, 15) is 8.42 Å². The molecule has 2 aromatic rings. The molecule has 0 aliphatic carbocycles. The van der Waals surface area contributed by atoms with Crippen molar-refractivity contribution in [2.75, 3.05) is 13.2 Å². The molecular formula is C19H23NO3S. The summed E-state index contributed by atoms with van der Waals surface area (Å²) in [6, 6.07) is 14.9. The third-order valence-electron chi connectivity index (χ3n) is 4.42. The maximum atomic E-state index is 13.1. The predicted octanol–water partition coefficient (Wildman–Crippen LogP) is 3.45. The summed E-state index contributed by atoms with van der Waals surface area (Å²) in [6.45, 7) is 6.54. The van der Waals surface area contributed by atoms with Crippen LogP contribution in [0.2, 0.25) is 0 Å². The van der Waals surface area contributed by atoms with Gasteiger partial charge in [-0.1, -0.05) is 42.0 Å². The molecule has 5 heteroatoms. The molecule has 3 rings (SSSR count). The van der Waals surface area contributed by atoms with Crippen LogP contribution in [0.3, 0.4) is 0 Å². The van der Waals surface area contributed by atoms with Gasteiger partial charge in [0.05, 0.1) is 17.6 Å². The highest BCUT2D eigenvalue weighted by Crippen LogP contribution is 2.29. The second-order valence-electron chi connectivity index (χ2n) is 6.47. The Morgan fingerprint density at radius 3 is 2.42 bits per heavy atom. The highest BCUT2D eigenvalue weighted by Gasteiger charge is 2.36. The molecule has 2 atom stereocenters. The minimum atomic E-state index is -3.53. The van der Waals surface area contributed by atoms with Crippen molar-refractivity contribution >= 4 is 10.0 Å². The summed E-state index contributed by atoms with van der Waals surface area (Å²) in [6.07, 6.45) is -0.235. The van der Waals surface area contributed by atoms with Crippen LogP contribution in [0.4, 0.5) is 0 Å². The van der Waals surface area contributed by atoms with Crippen molar-refractivity contribution in [2.24, 2.45) is 0 Å². The van der Waals surface area contributed by atoms with Gasteiger partial charge >= 0.3 is 0 Å². The van der Waals surface area contributed by atoms with Crippen molar-refractivity contribution in [3.05, 3.63) is 65.2 Å². The maximum absolute atomic E-state index is 13.1. The van der Waals surface area contributed by atoms with Crippen molar-refractivity contribution in [1.82, 2.24) is 4.31 Å². The minimum absolute atomic E-state index is 0.183. The van der Waals surface area contributed by atoms with E-state index in [4.69, 9.17) is 4.74 Å². The molecule has 1 saturated heterocycles. The normalized spacial score (nSPS) is 22.5. The Morgan fingerprint density at radius 1 is 1.04 bits per heavy atom. The summed E-state index contributed by atoms with van der Waals surface area (Å²) in [7, 11) is -3.53. The molecule has 0 radical (unpaired) electrons. The molecule has 1 heterocycles. The Balaban J connectivity index is 1.89. The van der Waals surface area contributed by atoms with Gasteiger partial charge < -0.3 is 4.74 Å². The SMILES string of the molecule is Cc1ccc(C2CN(S(=O)(=O)c3cccc(C)c3)C(C)CO2)cc1. The van der Waals surface area contributed by atoms with Gasteiger partial charge in [-0.2, -0.15) is 4.31 Å². The summed E-state index contributed by atoms with van der Waals surface area (Å²) in [5.41, 5.74) is 3.12. The number of benzene rings is 2. The first-order chi connectivity index (χ1) is 11.4. The van der Waals surface area contributed by atoms with Crippen LogP contribution in [0, 0.1) is 13.8 Å². The topological polar surface area (TPSA) is 46.6 Å². The zero-order valence-electron chi connectivity index (χ0n) is 14.3. The quantitative estimate of drug-likeness (QED) is 0.856. The van der Waals surface area contributed by atoms with E-state index in [1.807, 2.05) is 51.1 Å². The molecular weight excluding hydrogens is 322 g/mol. The average molecular weight is 345 g/mol. The standard InChI is InChI=1S/C19H23NO3S/c1-14-7-9-17(10-8-14)19-12-20(16(3)13-23-19)24(21,22)18-6-4-5-15(2)11-18/h4-11,16,19H,12-13H2,1-3H3. The molecule has 128 valence electrons. The smallest absolute Gasteiger partial charge is 0.243 e. The Bertz CT molecular complexity index is 815. The van der Waals surface area contributed by atoms with Gasteiger partial charge in [-0.25, -0.2) is 8.42 Å². The second kappa shape index (κ2) is 6.67. The molecule has 0 spiro atoms. The number of hydrogen-bond acceptors (Lipinski definition) is 3. The molecule has 1 fully saturated rings. The fraction of sp³-hybridized carbons (Fsp3) is 0.368. The number of aryl methyl sites for hydroxylation is 2. The summed E-state index contributed by atoms with van der Waals surface area (Å²) >= 11 is 0. The van der Waals surface area contributed by atoms with Gasteiger partial charge in [-0.3, -0.25) is 0 Å². The number of sulfonamides is 1. The van der Waals surface area contributed by atoms with Crippen LogP contribution in [0.1, 0.15) is 29.7 Å². The van der Waals surface area contributed by atoms with Gasteiger partial charge in [0.2, 0.25) is 10.0 Å². The first kappa shape index (κ1) is 17.1. The lowest BCUT2D eigenvalue weighted by Crippen LogP contribution is -2.48. The Morgan fingerprint density at radius 2 is 1.75 bits per heavy atom. The summed E-state index contributed by atoms with van der Waals surface area (Å²) in [4.78, 5) is 0.346. The fourth-order valence-corrected chi connectivity index (χ4v) is 4.69. The van der Waals surface area contributed by atoms with Gasteiger partial charge in [-0.15, -0.1) is 0 Å². The molecule has 4 nitrogen and oxygen atoms in total. The molecule has 24 heavy (non-hydrogen) atoms. The van der Waals surface area contributed by atoms with E-state index in [1.54, 1.807) is 22.5 Å². The van der Waals surface area contributed by atoms with E-state index >= 15 is 0 Å². The summed E-state index contributed by atoms with van der Waals surface area (Å²) in [5.74, 6) is 0. The molecule has 1 aliphatic heterocycles. The molecule has 0 aromatic heterocycles. The van der Waals surface area contributed by atoms with Crippen LogP contribution in [-0.4, -0.2) is 31.9 Å². The van der Waals surface area contributed by atoms with Crippen LogP contribution in [-0.2, 0) is 14.8 Å². The van der Waals surface area contributed by atoms with Gasteiger partial charge in [0.25, 0.3) is 0 Å². The molecule has 0 saturated carbocycles. The predicted molar refractivity (Wildman–Crippen MR) is 94.4 cm³/mol. The summed E-state index contributed by atoms with van der Waals surface area (Å²) < 4.78 is 33.6. The largest absolute Gasteiger partial charge is 0.370 e. The highest BCUT2D eigenvalue weighted by atomic mass is 32.2. The van der Waals surface area contributed by atoms with E-state index in [-0.39, 0.29) is 12.1 Å². The number of hydrogen-bond donors (Lipinski definition) is 0. The van der Waals surface area contributed by atoms with Crippen LogP contribution in [0.5, 0.6) is 0 Å². The highest BCUT2D eigenvalue weighted by molar-refractivity contribution is 7.89. The summed E-state index contributed by atoms with van der Waals surface area (Å²) in [5, 5.41) is 0. The van der Waals surface area contributed by atoms with Gasteiger partial charge in [0.1, 0.15) is 0 Å². The Hall–Kier alpha value is -1.69. The second-order valence-corrected chi connectivity index (χ2v) is 8.36. The fourth-order valence-electron chi connectivity index (χ4n) is 2.96. The maximum Gasteiger partial charge on any atom is 0.243 e. The molecule has 0 N–H and O–H groups in total. The minimum Gasteiger partial charge on any atom is -0.370 e. The third kappa shape index (κ3) is 3.38. The van der Waals surface area contributed by atoms with Gasteiger partial charge in [0.15, 0.2) is 0 Å². The Labute approximate surface area is 144 Å². The van der Waals surface area contributed by atoms with E-state index in [1.165, 1.54) is 5.56 Å². The molecule has 0 amide bonds. The van der Waals surface area contributed by atoms with E-state index in [2.05, 4.69) is 0 Å². The monoisotopic (exact) mass is 345 g/mol. The number of ether oxygens (including phenoxy) is 1. The first-order valence-electron chi connectivity index (χ1n) is 8.14. The zero-order chi connectivity index (χ0) is 17.3. The van der Waals surface area contributed by atoms with E-state index < -0.39 is 10.0 Å². The molecule has 1 aliphatic rings. The zero-order valence-corrected chi connectivity index (χ0v) is 15.1. The van der Waals surface area contributed by atoms with Crippen LogP contribution in [0.25, 0.3) is 0 Å². The van der Waals surface area contributed by atoms with Gasteiger partial charge in [0, 0.05) is 12.6 Å². The Kier molecular flexibility index (Phi) is 4.76. The lowest BCUT2D eigenvalue weighted by molar-refractivity contribution is -0.0288. The average Bonchev–Trinajstić information content (AvgIpc) is 2.56. The van der Waals surface area contributed by atoms with Crippen molar-refractivity contribution in [3.8, 4) is 0 Å². The van der Waals surface area contributed by atoms with E-state index in [0.29, 0.717) is 18.0 Å². The number of nitrogens with zero attached hydrogens (tertiary/aromatic N) is 1. The van der Waals surface area contributed by atoms with Crippen LogP contribution >= 0.6 is 0 Å². The number of rotatable bonds is 3. The van der Waals surface area contributed by atoms with Crippen molar-refractivity contribution < 1.29 is 13.2 Å². The number of morpholine rings is 1. The van der Waals surface area contributed by atoms with E-state index in [0.717, 1.165) is 11.1 Å². The van der Waals surface area contributed by atoms with Crippen molar-refractivity contribution in [2.45, 2.75) is 37.8 Å². The lowest BCUT2D eigenvalue weighted by Gasteiger charge is -2.37. The third-order valence-corrected chi connectivity index (χ3v) is 6.40. The molecule has 2 aromatic carbocycles. The van der Waals surface area contributed by atoms with Gasteiger partial charge in [-0.05, 0) is 44.0 Å². The molecule has 0 bridgehead atoms. The van der Waals surface area contributed by atoms with Crippen molar-refractivity contribution in [3.63, 3.8) is 0 Å². The first-order valence-corrected chi connectivity index (χ1v) is 9.58. The van der Waals surface area contributed by atoms with Crippen LogP contribution < -0.4 is 0 Å². The molecule has 2 unspecified atom stereocenters. The van der Waals surface area contributed by atoms with Crippen LogP contribution in [0.15, 0.2) is 53.4 Å².